The predicted molar refractivity (Wildman–Crippen MR) is 65.6 cm³/mol. The van der Waals surface area contributed by atoms with Crippen LogP contribution >= 0.6 is 11.8 Å². The number of methoxy groups -OCH3 is 1. The molecule has 108 valence electrons. The molecule has 0 saturated heterocycles. The number of esters is 1. The Morgan fingerprint density at radius 1 is 1.45 bits per heavy atom. The summed E-state index contributed by atoms with van der Waals surface area (Å²) in [6.45, 7) is 1.65. The summed E-state index contributed by atoms with van der Waals surface area (Å²) in [6.07, 6.45) is 0. The van der Waals surface area contributed by atoms with E-state index in [1.54, 1.807) is 13.0 Å². The van der Waals surface area contributed by atoms with Gasteiger partial charge in [-0.2, -0.15) is 18.4 Å². The SMILES string of the molecule is CCOC(=O)c1c(C#N)cc(SC(F)(F)F)cc1OC. The monoisotopic (exact) mass is 305 g/mol. The predicted octanol–water partition coefficient (Wildman–Crippen LogP) is 3.36. The normalized spacial score (nSPS) is 10.8. The van der Waals surface area contributed by atoms with Crippen LogP contribution in [0.1, 0.15) is 22.8 Å². The molecule has 1 aromatic rings. The van der Waals surface area contributed by atoms with Crippen molar-refractivity contribution in [3.05, 3.63) is 23.3 Å². The Morgan fingerprint density at radius 2 is 2.10 bits per heavy atom. The van der Waals surface area contributed by atoms with Crippen molar-refractivity contribution in [1.82, 2.24) is 0 Å². The second-order valence-electron chi connectivity index (χ2n) is 3.43. The second-order valence-corrected chi connectivity index (χ2v) is 4.57. The van der Waals surface area contributed by atoms with Gasteiger partial charge in [0.15, 0.2) is 0 Å². The molecule has 0 bridgehead atoms. The van der Waals surface area contributed by atoms with Gasteiger partial charge in [0, 0.05) is 4.90 Å². The van der Waals surface area contributed by atoms with Gasteiger partial charge in [-0.05, 0) is 30.8 Å². The van der Waals surface area contributed by atoms with Crippen molar-refractivity contribution in [1.29, 1.82) is 5.26 Å². The van der Waals surface area contributed by atoms with E-state index in [1.165, 1.54) is 7.11 Å². The van der Waals surface area contributed by atoms with Gasteiger partial charge in [-0.15, -0.1) is 0 Å². The third kappa shape index (κ3) is 4.06. The van der Waals surface area contributed by atoms with Crippen LogP contribution in [0.15, 0.2) is 17.0 Å². The number of alkyl halides is 3. The van der Waals surface area contributed by atoms with Gasteiger partial charge in [-0.1, -0.05) is 0 Å². The molecule has 1 aromatic carbocycles. The summed E-state index contributed by atoms with van der Waals surface area (Å²) < 4.78 is 46.7. The number of ether oxygens (including phenoxy) is 2. The molecule has 0 unspecified atom stereocenters. The number of thioether (sulfide) groups is 1. The van der Waals surface area contributed by atoms with Crippen molar-refractivity contribution >= 4 is 17.7 Å². The number of carbonyl (C=O) groups excluding carboxylic acids is 1. The lowest BCUT2D eigenvalue weighted by molar-refractivity contribution is -0.0328. The molecule has 1 rings (SSSR count). The number of rotatable bonds is 4. The Morgan fingerprint density at radius 3 is 2.55 bits per heavy atom. The smallest absolute Gasteiger partial charge is 0.446 e. The molecular weight excluding hydrogens is 295 g/mol. The molecule has 0 aliphatic carbocycles. The zero-order valence-corrected chi connectivity index (χ0v) is 11.4. The van der Waals surface area contributed by atoms with Crippen LogP contribution in [0.2, 0.25) is 0 Å². The van der Waals surface area contributed by atoms with Gasteiger partial charge in [-0.25, -0.2) is 4.79 Å². The first-order valence-electron chi connectivity index (χ1n) is 5.37. The van der Waals surface area contributed by atoms with Gasteiger partial charge < -0.3 is 9.47 Å². The minimum absolute atomic E-state index is 0.0753. The summed E-state index contributed by atoms with van der Waals surface area (Å²) in [5.41, 5.74) is -4.90. The topological polar surface area (TPSA) is 59.3 Å². The summed E-state index contributed by atoms with van der Waals surface area (Å²) in [4.78, 5) is 11.5. The number of hydrogen-bond donors (Lipinski definition) is 0. The maximum absolute atomic E-state index is 12.3. The zero-order valence-electron chi connectivity index (χ0n) is 10.6. The molecule has 20 heavy (non-hydrogen) atoms. The summed E-state index contributed by atoms with van der Waals surface area (Å²) >= 11 is -0.390. The highest BCUT2D eigenvalue weighted by Gasteiger charge is 2.31. The molecule has 0 amide bonds. The fourth-order valence-corrected chi connectivity index (χ4v) is 2.06. The molecule has 0 aliphatic rings. The highest BCUT2D eigenvalue weighted by atomic mass is 32.2. The van der Waals surface area contributed by atoms with E-state index in [9.17, 15) is 18.0 Å². The molecule has 0 aromatic heterocycles. The van der Waals surface area contributed by atoms with Crippen LogP contribution in [0.25, 0.3) is 0 Å². The van der Waals surface area contributed by atoms with Crippen molar-refractivity contribution in [3.8, 4) is 11.8 Å². The molecule has 0 radical (unpaired) electrons. The Bertz CT molecular complexity index is 552. The highest BCUT2D eigenvalue weighted by molar-refractivity contribution is 8.00. The van der Waals surface area contributed by atoms with E-state index in [1.807, 2.05) is 0 Å². The molecular formula is C12H10F3NO3S. The molecule has 0 heterocycles. The Balaban J connectivity index is 3.33. The number of carbonyl (C=O) groups is 1. The molecule has 0 N–H and O–H groups in total. The summed E-state index contributed by atoms with van der Waals surface area (Å²) in [5, 5.41) is 8.97. The third-order valence-corrected chi connectivity index (χ3v) is 2.83. The number of nitrogens with zero attached hydrogens (tertiary/aromatic N) is 1. The number of halogens is 3. The van der Waals surface area contributed by atoms with E-state index in [0.29, 0.717) is 0 Å². The standard InChI is InChI=1S/C12H10F3NO3S/c1-3-19-11(17)10-7(6-16)4-8(5-9(10)18-2)20-12(13,14)15/h4-5H,3H2,1-2H3. The number of hydrogen-bond acceptors (Lipinski definition) is 5. The van der Waals surface area contributed by atoms with Crippen LogP contribution in [-0.4, -0.2) is 25.2 Å². The van der Waals surface area contributed by atoms with Crippen molar-refractivity contribution in [2.45, 2.75) is 17.3 Å². The zero-order chi connectivity index (χ0) is 15.3. The van der Waals surface area contributed by atoms with E-state index in [4.69, 9.17) is 14.7 Å². The lowest BCUT2D eigenvalue weighted by Gasteiger charge is -2.12. The minimum atomic E-state index is -4.50. The third-order valence-electron chi connectivity index (χ3n) is 2.13. The molecule has 8 heteroatoms. The largest absolute Gasteiger partial charge is 0.496 e. The van der Waals surface area contributed by atoms with Gasteiger partial charge in [0.1, 0.15) is 17.4 Å². The molecule has 4 nitrogen and oxygen atoms in total. The van der Waals surface area contributed by atoms with Gasteiger partial charge in [-0.3, -0.25) is 0 Å². The van der Waals surface area contributed by atoms with E-state index >= 15 is 0 Å². The fraction of sp³-hybridized carbons (Fsp3) is 0.333. The van der Waals surface area contributed by atoms with Gasteiger partial charge >= 0.3 is 11.5 Å². The van der Waals surface area contributed by atoms with Gasteiger partial charge in [0.2, 0.25) is 0 Å². The summed E-state index contributed by atoms with van der Waals surface area (Å²) in [7, 11) is 1.20. The first kappa shape index (κ1) is 16.2. The average Bonchev–Trinajstić information content (AvgIpc) is 2.35. The van der Waals surface area contributed by atoms with Crippen molar-refractivity contribution in [3.63, 3.8) is 0 Å². The molecule has 0 fully saturated rings. The van der Waals surface area contributed by atoms with E-state index in [2.05, 4.69) is 0 Å². The van der Waals surface area contributed by atoms with E-state index in [0.717, 1.165) is 12.1 Å². The lowest BCUT2D eigenvalue weighted by Crippen LogP contribution is -2.10. The van der Waals surface area contributed by atoms with Crippen LogP contribution in [0.3, 0.4) is 0 Å². The first-order chi connectivity index (χ1) is 9.32. The Kier molecular flexibility index (Phi) is 5.27. The molecule has 0 spiro atoms. The first-order valence-corrected chi connectivity index (χ1v) is 6.19. The van der Waals surface area contributed by atoms with Crippen molar-refractivity contribution < 1.29 is 27.4 Å². The van der Waals surface area contributed by atoms with Crippen molar-refractivity contribution in [2.24, 2.45) is 0 Å². The quantitative estimate of drug-likeness (QED) is 0.630. The van der Waals surface area contributed by atoms with E-state index in [-0.39, 0.29) is 40.1 Å². The molecule has 0 aliphatic heterocycles. The second kappa shape index (κ2) is 6.52. The van der Waals surface area contributed by atoms with Gasteiger partial charge in [0.05, 0.1) is 19.3 Å². The van der Waals surface area contributed by atoms with Crippen LogP contribution in [0, 0.1) is 11.3 Å². The maximum Gasteiger partial charge on any atom is 0.446 e. The van der Waals surface area contributed by atoms with Crippen LogP contribution in [-0.2, 0) is 4.74 Å². The van der Waals surface area contributed by atoms with Crippen LogP contribution in [0.4, 0.5) is 13.2 Å². The highest BCUT2D eigenvalue weighted by Crippen LogP contribution is 2.39. The lowest BCUT2D eigenvalue weighted by atomic mass is 10.1. The van der Waals surface area contributed by atoms with Crippen molar-refractivity contribution in [2.75, 3.05) is 13.7 Å². The Hall–Kier alpha value is -1.88. The number of nitriles is 1. The fourth-order valence-electron chi connectivity index (χ4n) is 1.45. The molecule has 0 saturated carbocycles. The molecule has 0 atom stereocenters. The van der Waals surface area contributed by atoms with E-state index < -0.39 is 11.5 Å². The maximum atomic E-state index is 12.3. The summed E-state index contributed by atoms with van der Waals surface area (Å²) in [6, 6.07) is 3.70. The van der Waals surface area contributed by atoms with Gasteiger partial charge in [0.25, 0.3) is 0 Å². The number of benzene rings is 1. The average molecular weight is 305 g/mol. The van der Waals surface area contributed by atoms with Crippen LogP contribution < -0.4 is 4.74 Å². The summed E-state index contributed by atoms with van der Waals surface area (Å²) in [5.74, 6) is -0.946. The Labute approximate surface area is 117 Å². The van der Waals surface area contributed by atoms with Crippen LogP contribution in [0.5, 0.6) is 5.75 Å². The minimum Gasteiger partial charge on any atom is -0.496 e.